The number of methoxy groups -OCH3 is 1. The highest BCUT2D eigenvalue weighted by Gasteiger charge is 2.36. The molecule has 0 radical (unpaired) electrons. The minimum Gasteiger partial charge on any atom is -0.396 e. The van der Waals surface area contributed by atoms with Gasteiger partial charge < -0.3 is 39.7 Å². The number of carbonyl (C=O) groups excluding carboxylic acids is 2. The van der Waals surface area contributed by atoms with Gasteiger partial charge in [-0.1, -0.05) is 0 Å². The van der Waals surface area contributed by atoms with Gasteiger partial charge in [-0.2, -0.15) is 0 Å². The zero-order valence-corrected chi connectivity index (χ0v) is 11.7. The SMILES string of the molecule is C=O.C=O.CO[C@@H]1CC(O)[C@H](O)C(CNCCCO)O1. The molecule has 0 bridgehead atoms. The molecule has 0 saturated carbocycles. The third-order valence-corrected chi connectivity index (χ3v) is 2.66. The first kappa shape index (κ1) is 21.4. The molecule has 0 amide bonds. The minimum atomic E-state index is -0.895. The van der Waals surface area contributed by atoms with Crippen LogP contribution in [0.4, 0.5) is 0 Å². The van der Waals surface area contributed by atoms with Gasteiger partial charge in [0.05, 0.1) is 6.10 Å². The molecular weight excluding hydrogens is 270 g/mol. The van der Waals surface area contributed by atoms with Gasteiger partial charge >= 0.3 is 0 Å². The summed E-state index contributed by atoms with van der Waals surface area (Å²) in [5.74, 6) is 0. The van der Waals surface area contributed by atoms with Gasteiger partial charge in [0.15, 0.2) is 6.29 Å². The summed E-state index contributed by atoms with van der Waals surface area (Å²) in [5, 5.41) is 30.9. The van der Waals surface area contributed by atoms with Crippen molar-refractivity contribution in [2.75, 3.05) is 26.8 Å². The fourth-order valence-electron chi connectivity index (χ4n) is 1.68. The number of nitrogens with one attached hydrogen (secondary N) is 1. The normalized spacial score (nSPS) is 28.6. The Kier molecular flexibility index (Phi) is 15.5. The zero-order valence-electron chi connectivity index (χ0n) is 11.7. The summed E-state index contributed by atoms with van der Waals surface area (Å²) in [4.78, 5) is 16.0. The van der Waals surface area contributed by atoms with Crippen molar-refractivity contribution in [3.8, 4) is 0 Å². The summed E-state index contributed by atoms with van der Waals surface area (Å²) in [6, 6.07) is 0. The Morgan fingerprint density at radius 1 is 1.30 bits per heavy atom. The summed E-state index contributed by atoms with van der Waals surface area (Å²) < 4.78 is 10.4. The van der Waals surface area contributed by atoms with Crippen molar-refractivity contribution in [3.05, 3.63) is 0 Å². The highest BCUT2D eigenvalue weighted by molar-refractivity contribution is 5.11. The van der Waals surface area contributed by atoms with E-state index in [9.17, 15) is 10.2 Å². The van der Waals surface area contributed by atoms with E-state index >= 15 is 0 Å². The van der Waals surface area contributed by atoms with Crippen LogP contribution in [0.15, 0.2) is 0 Å². The first-order chi connectivity index (χ1) is 9.69. The zero-order chi connectivity index (χ0) is 16.0. The summed E-state index contributed by atoms with van der Waals surface area (Å²) in [6.07, 6.45) is -1.73. The third kappa shape index (κ3) is 8.31. The van der Waals surface area contributed by atoms with Crippen molar-refractivity contribution < 1.29 is 34.4 Å². The molecule has 1 rings (SSSR count). The first-order valence-electron chi connectivity index (χ1n) is 6.12. The lowest BCUT2D eigenvalue weighted by Gasteiger charge is -2.36. The predicted octanol–water partition coefficient (Wildman–Crippen LogP) is -1.93. The van der Waals surface area contributed by atoms with Gasteiger partial charge in [0.25, 0.3) is 0 Å². The smallest absolute Gasteiger partial charge is 0.160 e. The summed E-state index contributed by atoms with van der Waals surface area (Å²) in [7, 11) is 1.51. The van der Waals surface area contributed by atoms with Crippen molar-refractivity contribution in [3.63, 3.8) is 0 Å². The molecule has 0 spiro atoms. The molecule has 1 fully saturated rings. The van der Waals surface area contributed by atoms with Crippen LogP contribution in [0.25, 0.3) is 0 Å². The molecule has 0 aliphatic carbocycles. The lowest BCUT2D eigenvalue weighted by atomic mass is 10.0. The van der Waals surface area contributed by atoms with Gasteiger partial charge in [-0.25, -0.2) is 0 Å². The van der Waals surface area contributed by atoms with Gasteiger partial charge in [0.2, 0.25) is 0 Å². The van der Waals surface area contributed by atoms with Crippen LogP contribution < -0.4 is 5.32 Å². The molecule has 20 heavy (non-hydrogen) atoms. The Labute approximate surface area is 118 Å². The second kappa shape index (κ2) is 14.5. The van der Waals surface area contributed by atoms with E-state index in [-0.39, 0.29) is 13.0 Å². The van der Waals surface area contributed by atoms with Crippen molar-refractivity contribution >= 4 is 13.6 Å². The Morgan fingerprint density at radius 3 is 2.40 bits per heavy atom. The van der Waals surface area contributed by atoms with E-state index in [2.05, 4.69) is 5.32 Å². The molecule has 8 nitrogen and oxygen atoms in total. The third-order valence-electron chi connectivity index (χ3n) is 2.66. The van der Waals surface area contributed by atoms with Gasteiger partial charge in [0, 0.05) is 26.7 Å². The molecule has 1 saturated heterocycles. The molecule has 4 atom stereocenters. The number of aliphatic hydroxyl groups excluding tert-OH is 3. The molecule has 1 aliphatic rings. The van der Waals surface area contributed by atoms with E-state index in [1.54, 1.807) is 0 Å². The number of aliphatic hydroxyl groups is 3. The molecule has 0 aromatic rings. The molecule has 4 N–H and O–H groups in total. The topological polar surface area (TPSA) is 125 Å². The van der Waals surface area contributed by atoms with Crippen LogP contribution in [0.5, 0.6) is 0 Å². The lowest BCUT2D eigenvalue weighted by molar-refractivity contribution is -0.240. The number of ether oxygens (including phenoxy) is 2. The monoisotopic (exact) mass is 295 g/mol. The second-order valence-corrected chi connectivity index (χ2v) is 3.91. The van der Waals surface area contributed by atoms with Crippen LogP contribution in [0.3, 0.4) is 0 Å². The summed E-state index contributed by atoms with van der Waals surface area (Å²) in [5.41, 5.74) is 0. The molecular formula is C12H25NO7. The number of rotatable bonds is 6. The lowest BCUT2D eigenvalue weighted by Crippen LogP contribution is -2.52. The van der Waals surface area contributed by atoms with E-state index in [1.165, 1.54) is 7.11 Å². The van der Waals surface area contributed by atoms with Crippen LogP contribution in [0.2, 0.25) is 0 Å². The first-order valence-corrected chi connectivity index (χ1v) is 6.12. The van der Waals surface area contributed by atoms with Crippen LogP contribution >= 0.6 is 0 Å². The highest BCUT2D eigenvalue weighted by atomic mass is 16.7. The maximum absolute atomic E-state index is 9.69. The number of carbonyl (C=O) groups is 2. The molecule has 1 aliphatic heterocycles. The van der Waals surface area contributed by atoms with Crippen LogP contribution in [0.1, 0.15) is 12.8 Å². The van der Waals surface area contributed by atoms with Gasteiger partial charge in [-0.15, -0.1) is 0 Å². The minimum absolute atomic E-state index is 0.129. The van der Waals surface area contributed by atoms with Crippen molar-refractivity contribution in [2.45, 2.75) is 37.4 Å². The standard InChI is InChI=1S/C10H21NO5.2CH2O/c1-15-9-5-7(13)10(14)8(16-9)6-11-3-2-4-12;2*1-2/h7-14H,2-6H2,1H3;2*1H2/t7?,8?,9-,10-;;/m0../s1. The molecule has 0 aromatic heterocycles. The number of hydrogen-bond donors (Lipinski definition) is 4. The quantitative estimate of drug-likeness (QED) is 0.418. The van der Waals surface area contributed by atoms with E-state index in [4.69, 9.17) is 24.2 Å². The van der Waals surface area contributed by atoms with Crippen molar-refractivity contribution in [1.82, 2.24) is 5.32 Å². The Hall–Kier alpha value is -0.900. The maximum atomic E-state index is 9.69. The van der Waals surface area contributed by atoms with Gasteiger partial charge in [-0.3, -0.25) is 0 Å². The molecule has 2 unspecified atom stereocenters. The van der Waals surface area contributed by atoms with Crippen LogP contribution in [0, 0.1) is 0 Å². The van der Waals surface area contributed by atoms with Crippen LogP contribution in [-0.2, 0) is 19.1 Å². The average Bonchev–Trinajstić information content (AvgIpc) is 2.51. The summed E-state index contributed by atoms with van der Waals surface area (Å²) >= 11 is 0. The Bertz CT molecular complexity index is 218. The van der Waals surface area contributed by atoms with Gasteiger partial charge in [-0.05, 0) is 13.0 Å². The Balaban J connectivity index is 0. The Morgan fingerprint density at radius 2 is 1.90 bits per heavy atom. The van der Waals surface area contributed by atoms with E-state index < -0.39 is 24.6 Å². The molecule has 120 valence electrons. The second-order valence-electron chi connectivity index (χ2n) is 3.91. The van der Waals surface area contributed by atoms with Crippen molar-refractivity contribution in [2.24, 2.45) is 0 Å². The average molecular weight is 295 g/mol. The number of hydrogen-bond acceptors (Lipinski definition) is 8. The fourth-order valence-corrected chi connectivity index (χ4v) is 1.68. The molecule has 1 heterocycles. The summed E-state index contributed by atoms with van der Waals surface area (Å²) in [6.45, 7) is 5.21. The van der Waals surface area contributed by atoms with E-state index in [0.29, 0.717) is 19.5 Å². The highest BCUT2D eigenvalue weighted by Crippen LogP contribution is 2.20. The molecule has 0 aromatic carbocycles. The van der Waals surface area contributed by atoms with Gasteiger partial charge in [0.1, 0.15) is 25.8 Å². The van der Waals surface area contributed by atoms with Crippen LogP contribution in [-0.4, -0.2) is 80.3 Å². The van der Waals surface area contributed by atoms with E-state index in [1.807, 2.05) is 13.6 Å². The predicted molar refractivity (Wildman–Crippen MR) is 71.1 cm³/mol. The van der Waals surface area contributed by atoms with E-state index in [0.717, 1.165) is 0 Å². The van der Waals surface area contributed by atoms with Crippen molar-refractivity contribution in [1.29, 1.82) is 0 Å². The maximum Gasteiger partial charge on any atom is 0.160 e. The fraction of sp³-hybridized carbons (Fsp3) is 0.833. The largest absolute Gasteiger partial charge is 0.396 e. The molecule has 8 heteroatoms.